The lowest BCUT2D eigenvalue weighted by atomic mass is 9.96. The van der Waals surface area contributed by atoms with Crippen LogP contribution in [0.15, 0.2) is 72.4 Å². The first kappa shape index (κ1) is 46.7. The molecule has 0 aliphatic heterocycles. The van der Waals surface area contributed by atoms with Gasteiger partial charge in [0, 0.05) is 45.3 Å². The van der Waals surface area contributed by atoms with Gasteiger partial charge in [-0.25, -0.2) is 13.6 Å². The molecule has 4 aromatic carbocycles. The fourth-order valence-electron chi connectivity index (χ4n) is 5.64. The smallest absolute Gasteiger partial charge is 0.343 e. The van der Waals surface area contributed by atoms with Crippen LogP contribution in [0.2, 0.25) is 10.0 Å². The molecule has 0 aliphatic carbocycles. The third kappa shape index (κ3) is 12.2. The van der Waals surface area contributed by atoms with Gasteiger partial charge in [-0.15, -0.1) is 0 Å². The van der Waals surface area contributed by atoms with Crippen molar-refractivity contribution in [2.45, 2.75) is 33.1 Å². The van der Waals surface area contributed by atoms with Crippen molar-refractivity contribution < 1.29 is 56.4 Å². The van der Waals surface area contributed by atoms with Crippen molar-refractivity contribution >= 4 is 46.7 Å². The number of hydrogen-bond donors (Lipinski definition) is 0. The zero-order valence-electron chi connectivity index (χ0n) is 33.4. The zero-order valence-corrected chi connectivity index (χ0v) is 34.9. The van der Waals surface area contributed by atoms with E-state index in [4.69, 9.17) is 51.6 Å². The lowest BCUT2D eigenvalue weighted by Crippen LogP contribution is -2.20. The van der Waals surface area contributed by atoms with E-state index in [1.54, 1.807) is 63.2 Å². The highest BCUT2D eigenvalue weighted by atomic mass is 35.5. The van der Waals surface area contributed by atoms with Crippen LogP contribution < -0.4 is 18.9 Å². The maximum atomic E-state index is 14.4. The van der Waals surface area contributed by atoms with E-state index in [-0.39, 0.29) is 64.3 Å². The number of carbonyl (C=O) groups is 4. The number of hydrogen-bond acceptors (Lipinski definition) is 11. The summed E-state index contributed by atoms with van der Waals surface area (Å²) in [6.45, 7) is 3.62. The first-order valence-corrected chi connectivity index (χ1v) is 18.5. The van der Waals surface area contributed by atoms with Gasteiger partial charge < -0.3 is 33.3 Å². The molecule has 0 fully saturated rings. The molecule has 310 valence electrons. The Morgan fingerprint density at radius 3 is 1.52 bits per heavy atom. The van der Waals surface area contributed by atoms with Crippen molar-refractivity contribution in [3.05, 3.63) is 127 Å². The van der Waals surface area contributed by atoms with Gasteiger partial charge >= 0.3 is 11.9 Å². The molecule has 0 unspecified atom stereocenters. The number of esters is 2. The molecule has 0 atom stereocenters. The largest absolute Gasteiger partial charge is 0.496 e. The van der Waals surface area contributed by atoms with Gasteiger partial charge in [0.05, 0.1) is 62.8 Å². The maximum absolute atomic E-state index is 14.4. The summed E-state index contributed by atoms with van der Waals surface area (Å²) in [5, 5.41) is 0.0124. The molecular formula is C43H45Cl2F2NO10. The van der Waals surface area contributed by atoms with Crippen LogP contribution in [0, 0.1) is 11.6 Å². The summed E-state index contributed by atoms with van der Waals surface area (Å²) in [5.74, 6) is -2.18. The summed E-state index contributed by atoms with van der Waals surface area (Å²) in [5.41, 5.74) is 1.95. The fourth-order valence-corrected chi connectivity index (χ4v) is 6.02. The van der Waals surface area contributed by atoms with E-state index in [1.165, 1.54) is 65.0 Å². The van der Waals surface area contributed by atoms with E-state index in [0.29, 0.717) is 33.8 Å². The molecule has 0 bridgehead atoms. The molecule has 0 N–H and O–H groups in total. The molecular weight excluding hydrogens is 799 g/mol. The minimum Gasteiger partial charge on any atom is -0.496 e. The standard InChI is InChI=1S/C23H25ClFNO5.C20H20ClFO5/c1-6-31-23(28)17(13-26(2)3)22(27)16-11-15(19(29-4)12-20(16)30-5)10-14-8-7-9-18(24)21(14)25;1-4-27-19(24)10-16(23)14-9-13(17(25-2)11-18(14)26-3)8-12-6-5-7-15(21)20(12)22/h7-9,11-13H,6,10H2,1-5H3;5-7,9,11H,4,8,10H2,1-3H3. The van der Waals surface area contributed by atoms with Crippen LogP contribution in [0.5, 0.6) is 23.0 Å². The van der Waals surface area contributed by atoms with E-state index >= 15 is 0 Å². The second kappa shape index (κ2) is 22.3. The first-order chi connectivity index (χ1) is 27.6. The van der Waals surface area contributed by atoms with Crippen molar-refractivity contribution in [2.24, 2.45) is 0 Å². The third-order valence-electron chi connectivity index (χ3n) is 8.31. The first-order valence-electron chi connectivity index (χ1n) is 17.8. The van der Waals surface area contributed by atoms with Gasteiger partial charge in [0.1, 0.15) is 46.6 Å². The second-order valence-electron chi connectivity index (χ2n) is 12.5. The Morgan fingerprint density at radius 2 is 1.09 bits per heavy atom. The molecule has 0 heterocycles. The van der Waals surface area contributed by atoms with Gasteiger partial charge in [-0.1, -0.05) is 47.5 Å². The molecule has 0 radical (unpaired) electrons. The Kier molecular flexibility index (Phi) is 18.0. The highest BCUT2D eigenvalue weighted by Crippen LogP contribution is 2.35. The molecule has 15 heteroatoms. The van der Waals surface area contributed by atoms with E-state index in [0.717, 1.165) is 0 Å². The molecule has 4 rings (SSSR count). The lowest BCUT2D eigenvalue weighted by Gasteiger charge is -2.16. The van der Waals surface area contributed by atoms with Crippen LogP contribution in [0.25, 0.3) is 0 Å². The van der Waals surface area contributed by atoms with E-state index in [9.17, 15) is 28.0 Å². The molecule has 0 aromatic heterocycles. The predicted octanol–water partition coefficient (Wildman–Crippen LogP) is 8.50. The number of ketones is 2. The number of Topliss-reactive ketones (excluding diaryl/α,β-unsaturated/α-hetero) is 2. The molecule has 0 saturated carbocycles. The van der Waals surface area contributed by atoms with Gasteiger partial charge in [0.25, 0.3) is 0 Å². The average Bonchev–Trinajstić information content (AvgIpc) is 3.20. The Morgan fingerprint density at radius 1 is 0.638 bits per heavy atom. The summed E-state index contributed by atoms with van der Waals surface area (Å²) in [7, 11) is 9.11. The van der Waals surface area contributed by atoms with E-state index in [2.05, 4.69) is 0 Å². The van der Waals surface area contributed by atoms with Crippen LogP contribution in [-0.4, -0.2) is 84.2 Å². The van der Waals surface area contributed by atoms with Crippen LogP contribution in [0.3, 0.4) is 0 Å². The van der Waals surface area contributed by atoms with Gasteiger partial charge in [0.2, 0.25) is 5.78 Å². The molecule has 0 spiro atoms. The van der Waals surface area contributed by atoms with Crippen molar-refractivity contribution in [1.29, 1.82) is 0 Å². The van der Waals surface area contributed by atoms with Gasteiger partial charge in [-0.2, -0.15) is 0 Å². The summed E-state index contributed by atoms with van der Waals surface area (Å²) >= 11 is 11.7. The van der Waals surface area contributed by atoms with Crippen LogP contribution in [-0.2, 0) is 31.9 Å². The van der Waals surface area contributed by atoms with E-state index in [1.807, 2.05) is 0 Å². The highest BCUT2D eigenvalue weighted by Gasteiger charge is 2.27. The van der Waals surface area contributed by atoms with Crippen molar-refractivity contribution in [2.75, 3.05) is 55.7 Å². The van der Waals surface area contributed by atoms with Crippen molar-refractivity contribution in [3.8, 4) is 23.0 Å². The lowest BCUT2D eigenvalue weighted by molar-refractivity contribution is -0.142. The summed E-state index contributed by atoms with van der Waals surface area (Å²) < 4.78 is 59.9. The topological polar surface area (TPSA) is 127 Å². The fraction of sp³-hybridized carbons (Fsp3) is 0.302. The number of nitrogens with zero attached hydrogens (tertiary/aromatic N) is 1. The zero-order chi connectivity index (χ0) is 43.1. The Balaban J connectivity index is 0.000000313. The van der Waals surface area contributed by atoms with Crippen LogP contribution >= 0.6 is 23.2 Å². The minimum atomic E-state index is -0.749. The van der Waals surface area contributed by atoms with Gasteiger partial charge in [-0.05, 0) is 60.4 Å². The Bertz CT molecular complexity index is 2160. The van der Waals surface area contributed by atoms with Crippen LogP contribution in [0.4, 0.5) is 8.78 Å². The molecule has 11 nitrogen and oxygen atoms in total. The molecule has 0 amide bonds. The third-order valence-corrected chi connectivity index (χ3v) is 8.90. The number of carbonyl (C=O) groups excluding carboxylic acids is 4. The normalized spacial score (nSPS) is 10.8. The van der Waals surface area contributed by atoms with Gasteiger partial charge in [-0.3, -0.25) is 14.4 Å². The number of rotatable bonds is 17. The van der Waals surface area contributed by atoms with Gasteiger partial charge in [0.15, 0.2) is 5.78 Å². The number of halogens is 4. The SMILES string of the molecule is CCOC(=O)C(=CN(C)C)C(=O)c1cc(Cc2cccc(Cl)c2F)c(OC)cc1OC.CCOC(=O)CC(=O)c1cc(Cc2cccc(Cl)c2F)c(OC)cc1OC. The molecule has 58 heavy (non-hydrogen) atoms. The summed E-state index contributed by atoms with van der Waals surface area (Å²) in [6.07, 6.45) is 1.24. The predicted molar refractivity (Wildman–Crippen MR) is 216 cm³/mol. The minimum absolute atomic E-state index is 0.000193. The number of methoxy groups -OCH3 is 4. The number of benzene rings is 4. The van der Waals surface area contributed by atoms with Crippen molar-refractivity contribution in [1.82, 2.24) is 4.90 Å². The van der Waals surface area contributed by atoms with E-state index < -0.39 is 41.6 Å². The Labute approximate surface area is 346 Å². The Hall–Kier alpha value is -5.66. The van der Waals surface area contributed by atoms with Crippen LogP contribution in [0.1, 0.15) is 63.2 Å². The van der Waals surface area contributed by atoms with Crippen molar-refractivity contribution in [3.63, 3.8) is 0 Å². The number of ether oxygens (including phenoxy) is 6. The molecule has 4 aromatic rings. The average molecular weight is 845 g/mol. The second-order valence-corrected chi connectivity index (χ2v) is 13.3. The summed E-state index contributed by atoms with van der Waals surface area (Å²) in [4.78, 5) is 51.4. The summed E-state index contributed by atoms with van der Waals surface area (Å²) in [6, 6.07) is 15.5. The maximum Gasteiger partial charge on any atom is 0.343 e. The molecule has 0 saturated heterocycles. The molecule has 0 aliphatic rings. The highest BCUT2D eigenvalue weighted by molar-refractivity contribution is 6.31. The quantitative estimate of drug-likeness (QED) is 0.0334. The monoisotopic (exact) mass is 843 g/mol.